The van der Waals surface area contributed by atoms with Crippen LogP contribution in [0, 0.1) is 12.8 Å². The Balaban J connectivity index is 1.74. The van der Waals surface area contributed by atoms with Gasteiger partial charge in [-0.2, -0.15) is 0 Å². The van der Waals surface area contributed by atoms with Crippen molar-refractivity contribution in [1.29, 1.82) is 0 Å². The van der Waals surface area contributed by atoms with Gasteiger partial charge in [0.1, 0.15) is 0 Å². The fraction of sp³-hybridized carbons (Fsp3) is 0.600. The van der Waals surface area contributed by atoms with Crippen molar-refractivity contribution < 1.29 is 0 Å². The molecule has 94 valence electrons. The third-order valence-electron chi connectivity index (χ3n) is 3.81. The lowest BCUT2D eigenvalue weighted by atomic mass is 10.0. The average molecular weight is 249 g/mol. The number of thioether (sulfide) groups is 1. The second-order valence-corrected chi connectivity index (χ2v) is 6.20. The Labute approximate surface area is 109 Å². The van der Waals surface area contributed by atoms with E-state index in [4.69, 9.17) is 0 Å². The van der Waals surface area contributed by atoms with Crippen molar-refractivity contribution in [2.45, 2.75) is 43.5 Å². The predicted octanol–water partition coefficient (Wildman–Crippen LogP) is 3.87. The van der Waals surface area contributed by atoms with Crippen LogP contribution in [0.1, 0.15) is 31.2 Å². The minimum atomic E-state index is 0.772. The largest absolute Gasteiger partial charge is 0.317 e. The normalized spacial score (nSPS) is 24.1. The van der Waals surface area contributed by atoms with E-state index in [0.717, 1.165) is 12.0 Å². The average Bonchev–Trinajstić information content (AvgIpc) is 2.79. The van der Waals surface area contributed by atoms with Crippen LogP contribution in [0.2, 0.25) is 0 Å². The minimum absolute atomic E-state index is 0.772. The molecule has 2 heteroatoms. The highest BCUT2D eigenvalue weighted by atomic mass is 32.2. The lowest BCUT2D eigenvalue weighted by Crippen LogP contribution is -2.29. The first-order valence-electron chi connectivity index (χ1n) is 6.66. The van der Waals surface area contributed by atoms with Crippen LogP contribution in [0.5, 0.6) is 0 Å². The van der Waals surface area contributed by atoms with Crippen LogP contribution >= 0.6 is 11.8 Å². The van der Waals surface area contributed by atoms with E-state index in [1.165, 1.54) is 41.9 Å². The SMILES string of the molecule is CNC1CCCC1CCSc1ccc(C)cc1. The molecular formula is C15H23NS. The maximum atomic E-state index is 3.46. The molecule has 0 spiro atoms. The van der Waals surface area contributed by atoms with Crippen LogP contribution in [-0.4, -0.2) is 18.8 Å². The van der Waals surface area contributed by atoms with E-state index >= 15 is 0 Å². The maximum absolute atomic E-state index is 3.46. The van der Waals surface area contributed by atoms with Gasteiger partial charge in [-0.15, -0.1) is 11.8 Å². The van der Waals surface area contributed by atoms with Gasteiger partial charge in [0.05, 0.1) is 0 Å². The molecule has 1 aliphatic rings. The first kappa shape index (κ1) is 13.0. The lowest BCUT2D eigenvalue weighted by Gasteiger charge is -2.18. The van der Waals surface area contributed by atoms with Gasteiger partial charge < -0.3 is 5.32 Å². The molecule has 1 saturated carbocycles. The molecule has 0 bridgehead atoms. The first-order valence-corrected chi connectivity index (χ1v) is 7.65. The highest BCUT2D eigenvalue weighted by Gasteiger charge is 2.24. The number of rotatable bonds is 5. The Morgan fingerprint density at radius 2 is 2.00 bits per heavy atom. The Morgan fingerprint density at radius 1 is 1.24 bits per heavy atom. The molecule has 0 heterocycles. The Morgan fingerprint density at radius 3 is 2.71 bits per heavy atom. The molecular weight excluding hydrogens is 226 g/mol. The Kier molecular flexibility index (Phi) is 4.93. The Hall–Kier alpha value is -0.470. The number of hydrogen-bond acceptors (Lipinski definition) is 2. The molecule has 1 aliphatic carbocycles. The van der Waals surface area contributed by atoms with Crippen LogP contribution in [0.15, 0.2) is 29.2 Å². The number of nitrogens with one attached hydrogen (secondary N) is 1. The van der Waals surface area contributed by atoms with Crippen molar-refractivity contribution in [3.05, 3.63) is 29.8 Å². The molecule has 1 nitrogen and oxygen atoms in total. The third kappa shape index (κ3) is 3.75. The van der Waals surface area contributed by atoms with Crippen LogP contribution < -0.4 is 5.32 Å². The summed E-state index contributed by atoms with van der Waals surface area (Å²) in [7, 11) is 2.11. The van der Waals surface area contributed by atoms with E-state index in [1.54, 1.807) is 0 Å². The van der Waals surface area contributed by atoms with Crippen LogP contribution in [0.4, 0.5) is 0 Å². The molecule has 0 aromatic heterocycles. The molecule has 2 unspecified atom stereocenters. The van der Waals surface area contributed by atoms with E-state index in [2.05, 4.69) is 43.6 Å². The van der Waals surface area contributed by atoms with Crippen molar-refractivity contribution in [2.75, 3.05) is 12.8 Å². The van der Waals surface area contributed by atoms with Crippen LogP contribution in [0.3, 0.4) is 0 Å². The number of hydrogen-bond donors (Lipinski definition) is 1. The van der Waals surface area contributed by atoms with E-state index < -0.39 is 0 Å². The summed E-state index contributed by atoms with van der Waals surface area (Å²) in [4.78, 5) is 1.41. The Bertz CT molecular complexity index is 333. The standard InChI is InChI=1S/C15H23NS/c1-12-6-8-14(9-7-12)17-11-10-13-4-3-5-15(13)16-2/h6-9,13,15-16H,3-5,10-11H2,1-2H3. The van der Waals surface area contributed by atoms with Gasteiger partial charge in [0.2, 0.25) is 0 Å². The van der Waals surface area contributed by atoms with Crippen molar-refractivity contribution >= 4 is 11.8 Å². The summed E-state index contributed by atoms with van der Waals surface area (Å²) in [5, 5.41) is 3.46. The van der Waals surface area contributed by atoms with Crippen molar-refractivity contribution in [2.24, 2.45) is 5.92 Å². The first-order chi connectivity index (χ1) is 8.29. The monoisotopic (exact) mass is 249 g/mol. The fourth-order valence-corrected chi connectivity index (χ4v) is 3.71. The van der Waals surface area contributed by atoms with Crippen molar-refractivity contribution in [3.8, 4) is 0 Å². The number of aryl methyl sites for hydroxylation is 1. The van der Waals surface area contributed by atoms with Gasteiger partial charge in [-0.1, -0.05) is 24.1 Å². The molecule has 2 atom stereocenters. The van der Waals surface area contributed by atoms with E-state index in [0.29, 0.717) is 0 Å². The van der Waals surface area contributed by atoms with E-state index in [1.807, 2.05) is 11.8 Å². The topological polar surface area (TPSA) is 12.0 Å². The zero-order chi connectivity index (χ0) is 12.1. The van der Waals surface area contributed by atoms with Crippen molar-refractivity contribution in [1.82, 2.24) is 5.32 Å². The lowest BCUT2D eigenvalue weighted by molar-refractivity contribution is 0.417. The fourth-order valence-electron chi connectivity index (χ4n) is 2.73. The summed E-state index contributed by atoms with van der Waals surface area (Å²) in [5.74, 6) is 2.16. The highest BCUT2D eigenvalue weighted by molar-refractivity contribution is 7.99. The van der Waals surface area contributed by atoms with Crippen molar-refractivity contribution in [3.63, 3.8) is 0 Å². The summed E-state index contributed by atoms with van der Waals surface area (Å²) in [6.07, 6.45) is 5.55. The summed E-state index contributed by atoms with van der Waals surface area (Å²) in [6, 6.07) is 9.66. The predicted molar refractivity (Wildman–Crippen MR) is 76.7 cm³/mol. The molecule has 2 rings (SSSR count). The molecule has 1 aromatic rings. The van der Waals surface area contributed by atoms with Gasteiger partial charge in [-0.05, 0) is 57.0 Å². The van der Waals surface area contributed by atoms with Gasteiger partial charge in [0.15, 0.2) is 0 Å². The second kappa shape index (κ2) is 6.46. The minimum Gasteiger partial charge on any atom is -0.317 e. The van der Waals surface area contributed by atoms with Gasteiger partial charge in [0, 0.05) is 10.9 Å². The summed E-state index contributed by atoms with van der Waals surface area (Å²) in [5.41, 5.74) is 1.35. The van der Waals surface area contributed by atoms with Crippen LogP contribution in [0.25, 0.3) is 0 Å². The smallest absolute Gasteiger partial charge is 0.00926 e. The number of benzene rings is 1. The van der Waals surface area contributed by atoms with Gasteiger partial charge >= 0.3 is 0 Å². The summed E-state index contributed by atoms with van der Waals surface area (Å²) in [6.45, 7) is 2.14. The van der Waals surface area contributed by atoms with E-state index in [-0.39, 0.29) is 0 Å². The summed E-state index contributed by atoms with van der Waals surface area (Å²) < 4.78 is 0. The third-order valence-corrected chi connectivity index (χ3v) is 4.85. The molecule has 17 heavy (non-hydrogen) atoms. The molecule has 0 aliphatic heterocycles. The molecule has 1 N–H and O–H groups in total. The van der Waals surface area contributed by atoms with E-state index in [9.17, 15) is 0 Å². The molecule has 1 fully saturated rings. The maximum Gasteiger partial charge on any atom is 0.00926 e. The molecule has 0 amide bonds. The van der Waals surface area contributed by atoms with Gasteiger partial charge in [0.25, 0.3) is 0 Å². The van der Waals surface area contributed by atoms with Gasteiger partial charge in [-0.3, -0.25) is 0 Å². The quantitative estimate of drug-likeness (QED) is 0.795. The zero-order valence-corrected chi connectivity index (χ0v) is 11.7. The molecule has 1 aromatic carbocycles. The molecule has 0 saturated heterocycles. The second-order valence-electron chi connectivity index (χ2n) is 5.04. The molecule has 0 radical (unpaired) electrons. The zero-order valence-electron chi connectivity index (χ0n) is 10.9. The summed E-state index contributed by atoms with van der Waals surface area (Å²) >= 11 is 2.00. The van der Waals surface area contributed by atoms with Gasteiger partial charge in [-0.25, -0.2) is 0 Å². The van der Waals surface area contributed by atoms with Crippen LogP contribution in [-0.2, 0) is 0 Å². The highest BCUT2D eigenvalue weighted by Crippen LogP contribution is 2.30.